The maximum Gasteiger partial charge on any atom is 0.218 e. The van der Waals surface area contributed by atoms with Crippen molar-refractivity contribution < 1.29 is 4.74 Å². The first-order chi connectivity index (χ1) is 9.70. The molecule has 0 radical (unpaired) electrons. The van der Waals surface area contributed by atoms with Crippen molar-refractivity contribution in [2.45, 2.75) is 59.4 Å². The van der Waals surface area contributed by atoms with Crippen LogP contribution in [0.25, 0.3) is 0 Å². The maximum absolute atomic E-state index is 6.06. The second kappa shape index (κ2) is 7.63. The van der Waals surface area contributed by atoms with Gasteiger partial charge < -0.3 is 10.1 Å². The van der Waals surface area contributed by atoms with Gasteiger partial charge in [-0.25, -0.2) is 4.98 Å². The highest BCUT2D eigenvalue weighted by molar-refractivity contribution is 5.35. The van der Waals surface area contributed by atoms with E-state index in [1.54, 1.807) is 0 Å². The molecule has 1 aromatic rings. The molecule has 1 fully saturated rings. The number of pyridine rings is 1. The smallest absolute Gasteiger partial charge is 0.218 e. The summed E-state index contributed by atoms with van der Waals surface area (Å²) < 4.78 is 6.06. The van der Waals surface area contributed by atoms with Crippen molar-refractivity contribution in [2.75, 3.05) is 13.2 Å². The van der Waals surface area contributed by atoms with Crippen LogP contribution in [0, 0.1) is 19.8 Å². The van der Waals surface area contributed by atoms with Crippen molar-refractivity contribution >= 4 is 0 Å². The summed E-state index contributed by atoms with van der Waals surface area (Å²) >= 11 is 0. The number of nitrogens with one attached hydrogen (secondary N) is 1. The van der Waals surface area contributed by atoms with Crippen LogP contribution < -0.4 is 10.1 Å². The van der Waals surface area contributed by atoms with Crippen LogP contribution in [0.5, 0.6) is 5.88 Å². The normalized spacial score (nSPS) is 15.8. The first-order valence-corrected chi connectivity index (χ1v) is 8.01. The van der Waals surface area contributed by atoms with E-state index in [1.165, 1.54) is 36.8 Å². The van der Waals surface area contributed by atoms with E-state index < -0.39 is 0 Å². The molecule has 1 aliphatic rings. The molecule has 3 heteroatoms. The van der Waals surface area contributed by atoms with E-state index in [0.29, 0.717) is 0 Å². The van der Waals surface area contributed by atoms with Crippen molar-refractivity contribution in [2.24, 2.45) is 5.92 Å². The van der Waals surface area contributed by atoms with Crippen LogP contribution in [-0.2, 0) is 6.54 Å². The first-order valence-electron chi connectivity index (χ1n) is 8.01. The molecular formula is C17H28N2O. The Kier molecular flexibility index (Phi) is 5.84. The second-order valence-electron chi connectivity index (χ2n) is 6.00. The molecule has 2 rings (SSSR count). The third-order valence-electron chi connectivity index (χ3n) is 4.10. The zero-order valence-electron chi connectivity index (χ0n) is 13.2. The van der Waals surface area contributed by atoms with Gasteiger partial charge in [0.25, 0.3) is 0 Å². The van der Waals surface area contributed by atoms with Gasteiger partial charge in [0.15, 0.2) is 0 Å². The van der Waals surface area contributed by atoms with Crippen molar-refractivity contribution in [3.63, 3.8) is 0 Å². The quantitative estimate of drug-likeness (QED) is 0.770. The van der Waals surface area contributed by atoms with Gasteiger partial charge in [0.2, 0.25) is 5.88 Å². The zero-order valence-corrected chi connectivity index (χ0v) is 13.2. The van der Waals surface area contributed by atoms with Crippen molar-refractivity contribution in [1.82, 2.24) is 10.3 Å². The maximum atomic E-state index is 6.06. The fourth-order valence-electron chi connectivity index (χ4n) is 2.93. The number of ether oxygens (including phenoxy) is 1. The molecule has 112 valence electrons. The van der Waals surface area contributed by atoms with Gasteiger partial charge in [-0.3, -0.25) is 0 Å². The molecule has 3 nitrogen and oxygen atoms in total. The number of aryl methyl sites for hydroxylation is 2. The summed E-state index contributed by atoms with van der Waals surface area (Å²) in [6.07, 6.45) is 6.50. The summed E-state index contributed by atoms with van der Waals surface area (Å²) in [6, 6.07) is 2.14. The van der Waals surface area contributed by atoms with Crippen molar-refractivity contribution in [3.8, 4) is 5.88 Å². The highest BCUT2D eigenvalue weighted by atomic mass is 16.5. The molecule has 0 bridgehead atoms. The van der Waals surface area contributed by atoms with E-state index in [-0.39, 0.29) is 0 Å². The lowest BCUT2D eigenvalue weighted by molar-refractivity contribution is 0.240. The van der Waals surface area contributed by atoms with E-state index in [4.69, 9.17) is 4.74 Å². The Balaban J connectivity index is 2.03. The minimum Gasteiger partial charge on any atom is -0.477 e. The van der Waals surface area contributed by atoms with Crippen LogP contribution in [0.3, 0.4) is 0 Å². The molecule has 0 unspecified atom stereocenters. The molecule has 0 saturated heterocycles. The molecule has 0 aliphatic heterocycles. The highest BCUT2D eigenvalue weighted by Gasteiger charge is 2.17. The van der Waals surface area contributed by atoms with Gasteiger partial charge in [-0.2, -0.15) is 0 Å². The van der Waals surface area contributed by atoms with E-state index in [9.17, 15) is 0 Å². The lowest BCUT2D eigenvalue weighted by Crippen LogP contribution is -2.18. The Labute approximate surface area is 123 Å². The summed E-state index contributed by atoms with van der Waals surface area (Å²) in [5, 5.41) is 3.46. The molecule has 1 N–H and O–H groups in total. The Morgan fingerprint density at radius 1 is 1.30 bits per heavy atom. The summed E-state index contributed by atoms with van der Waals surface area (Å²) in [5.41, 5.74) is 3.55. The SMILES string of the molecule is CCCNCc1c(C)cc(C)nc1OCC1CCCC1. The summed E-state index contributed by atoms with van der Waals surface area (Å²) in [6.45, 7) is 9.10. The summed E-state index contributed by atoms with van der Waals surface area (Å²) in [5.74, 6) is 1.58. The average Bonchev–Trinajstić information content (AvgIpc) is 2.92. The predicted octanol–water partition coefficient (Wildman–Crippen LogP) is 3.77. The molecule has 1 aliphatic carbocycles. The molecule has 0 amide bonds. The molecule has 1 saturated carbocycles. The van der Waals surface area contributed by atoms with E-state index >= 15 is 0 Å². The van der Waals surface area contributed by atoms with Gasteiger partial charge in [0.1, 0.15) is 0 Å². The number of hydrogen-bond acceptors (Lipinski definition) is 3. The second-order valence-corrected chi connectivity index (χ2v) is 6.00. The standard InChI is InChI=1S/C17H28N2O/c1-4-9-18-11-16-13(2)10-14(3)19-17(16)20-12-15-7-5-6-8-15/h10,15,18H,4-9,11-12H2,1-3H3. The minimum absolute atomic E-state index is 0.731. The fourth-order valence-corrected chi connectivity index (χ4v) is 2.93. The number of hydrogen-bond donors (Lipinski definition) is 1. The van der Waals surface area contributed by atoms with Gasteiger partial charge in [-0.05, 0) is 57.2 Å². The van der Waals surface area contributed by atoms with Crippen molar-refractivity contribution in [1.29, 1.82) is 0 Å². The van der Waals surface area contributed by atoms with Crippen LogP contribution in [0.4, 0.5) is 0 Å². The topological polar surface area (TPSA) is 34.2 Å². The molecule has 20 heavy (non-hydrogen) atoms. The fraction of sp³-hybridized carbons (Fsp3) is 0.706. The Morgan fingerprint density at radius 2 is 2.05 bits per heavy atom. The molecular weight excluding hydrogens is 248 g/mol. The monoisotopic (exact) mass is 276 g/mol. The lowest BCUT2D eigenvalue weighted by Gasteiger charge is -2.16. The number of aromatic nitrogens is 1. The molecule has 1 heterocycles. The highest BCUT2D eigenvalue weighted by Crippen LogP contribution is 2.27. The third kappa shape index (κ3) is 4.20. The Morgan fingerprint density at radius 3 is 2.75 bits per heavy atom. The summed E-state index contributed by atoms with van der Waals surface area (Å²) in [7, 11) is 0. The van der Waals surface area contributed by atoms with Gasteiger partial charge in [-0.15, -0.1) is 0 Å². The van der Waals surface area contributed by atoms with Crippen LogP contribution in [0.2, 0.25) is 0 Å². The van der Waals surface area contributed by atoms with Gasteiger partial charge in [0, 0.05) is 17.8 Å². The van der Waals surface area contributed by atoms with Gasteiger partial charge in [0.05, 0.1) is 6.61 Å². The van der Waals surface area contributed by atoms with Gasteiger partial charge in [-0.1, -0.05) is 19.8 Å². The summed E-state index contributed by atoms with van der Waals surface area (Å²) in [4.78, 5) is 4.61. The molecule has 0 atom stereocenters. The molecule has 0 aromatic carbocycles. The largest absolute Gasteiger partial charge is 0.477 e. The predicted molar refractivity (Wildman–Crippen MR) is 83.2 cm³/mol. The number of nitrogens with zero attached hydrogens (tertiary/aromatic N) is 1. The van der Waals surface area contributed by atoms with E-state index in [2.05, 4.69) is 30.2 Å². The van der Waals surface area contributed by atoms with Crippen LogP contribution >= 0.6 is 0 Å². The van der Waals surface area contributed by atoms with Crippen LogP contribution in [0.1, 0.15) is 55.8 Å². The Bertz CT molecular complexity index is 425. The van der Waals surface area contributed by atoms with E-state index in [0.717, 1.165) is 43.6 Å². The first kappa shape index (κ1) is 15.3. The minimum atomic E-state index is 0.731. The van der Waals surface area contributed by atoms with E-state index in [1.807, 2.05) is 6.92 Å². The molecule has 0 spiro atoms. The Hall–Kier alpha value is -1.09. The van der Waals surface area contributed by atoms with Crippen molar-refractivity contribution in [3.05, 3.63) is 22.9 Å². The number of rotatable bonds is 7. The zero-order chi connectivity index (χ0) is 14.4. The third-order valence-corrected chi connectivity index (χ3v) is 4.10. The van der Waals surface area contributed by atoms with Gasteiger partial charge >= 0.3 is 0 Å². The average molecular weight is 276 g/mol. The van der Waals surface area contributed by atoms with Crippen LogP contribution in [0.15, 0.2) is 6.07 Å². The lowest BCUT2D eigenvalue weighted by atomic mass is 10.1. The van der Waals surface area contributed by atoms with Crippen LogP contribution in [-0.4, -0.2) is 18.1 Å². The molecule has 1 aromatic heterocycles.